The van der Waals surface area contributed by atoms with Gasteiger partial charge in [0, 0.05) is 11.4 Å². The minimum absolute atomic E-state index is 0.411. The van der Waals surface area contributed by atoms with E-state index in [1.807, 2.05) is 18.2 Å². The standard InChI is InChI=1S/C13H16ClN3O/c1-2-3-8-11-16-13(18-17-11)12(15)9-6-4-5-7-10(9)14/h4-7,12H,2-3,8,15H2,1H3/t12-/m1/s1. The van der Waals surface area contributed by atoms with Crippen molar-refractivity contribution in [2.75, 3.05) is 0 Å². The van der Waals surface area contributed by atoms with Gasteiger partial charge in [-0.05, 0) is 18.1 Å². The van der Waals surface area contributed by atoms with E-state index in [-0.39, 0.29) is 0 Å². The maximum absolute atomic E-state index is 6.09. The first kappa shape index (κ1) is 13.1. The van der Waals surface area contributed by atoms with Gasteiger partial charge in [0.15, 0.2) is 5.82 Å². The highest BCUT2D eigenvalue weighted by atomic mass is 35.5. The Hall–Kier alpha value is -1.39. The zero-order chi connectivity index (χ0) is 13.0. The van der Waals surface area contributed by atoms with E-state index in [4.69, 9.17) is 21.9 Å². The van der Waals surface area contributed by atoms with E-state index >= 15 is 0 Å². The molecule has 2 aromatic rings. The average molecular weight is 266 g/mol. The second-order valence-corrected chi connectivity index (χ2v) is 4.56. The fourth-order valence-electron chi connectivity index (χ4n) is 1.69. The lowest BCUT2D eigenvalue weighted by atomic mass is 10.1. The molecule has 0 aliphatic carbocycles. The van der Waals surface area contributed by atoms with Crippen LogP contribution in [0.5, 0.6) is 0 Å². The molecule has 0 aliphatic rings. The molecule has 2 N–H and O–H groups in total. The lowest BCUT2D eigenvalue weighted by Crippen LogP contribution is -2.12. The number of halogens is 1. The van der Waals surface area contributed by atoms with E-state index in [9.17, 15) is 0 Å². The molecule has 0 aliphatic heterocycles. The molecule has 0 saturated carbocycles. The summed E-state index contributed by atoms with van der Waals surface area (Å²) >= 11 is 6.09. The third-order valence-corrected chi connectivity index (χ3v) is 3.09. The molecular formula is C13H16ClN3O. The van der Waals surface area contributed by atoms with Gasteiger partial charge in [-0.2, -0.15) is 4.98 Å². The van der Waals surface area contributed by atoms with Crippen LogP contribution in [-0.4, -0.2) is 10.1 Å². The highest BCUT2D eigenvalue weighted by Gasteiger charge is 2.18. The summed E-state index contributed by atoms with van der Waals surface area (Å²) in [5.74, 6) is 1.11. The van der Waals surface area contributed by atoms with E-state index in [0.29, 0.717) is 16.7 Å². The zero-order valence-electron chi connectivity index (χ0n) is 10.3. The smallest absolute Gasteiger partial charge is 0.248 e. The predicted molar refractivity (Wildman–Crippen MR) is 70.4 cm³/mol. The molecule has 0 unspecified atom stereocenters. The monoisotopic (exact) mass is 265 g/mol. The molecule has 0 fully saturated rings. The third kappa shape index (κ3) is 2.89. The van der Waals surface area contributed by atoms with Crippen LogP contribution in [0.15, 0.2) is 28.8 Å². The Labute approximate surface area is 111 Å². The fraction of sp³-hybridized carbons (Fsp3) is 0.385. The summed E-state index contributed by atoms with van der Waals surface area (Å²) in [5.41, 5.74) is 6.87. The Morgan fingerprint density at radius 1 is 1.39 bits per heavy atom. The molecule has 0 saturated heterocycles. The number of aryl methyl sites for hydroxylation is 1. The summed E-state index contributed by atoms with van der Waals surface area (Å²) in [6.07, 6.45) is 2.95. The van der Waals surface area contributed by atoms with Crippen molar-refractivity contribution in [1.29, 1.82) is 0 Å². The summed E-state index contributed by atoms with van der Waals surface area (Å²) in [7, 11) is 0. The maximum atomic E-state index is 6.09. The molecule has 1 aromatic carbocycles. The van der Waals surface area contributed by atoms with Crippen LogP contribution in [0.25, 0.3) is 0 Å². The minimum atomic E-state index is -0.471. The van der Waals surface area contributed by atoms with Gasteiger partial charge in [-0.3, -0.25) is 0 Å². The molecule has 2 rings (SSSR count). The minimum Gasteiger partial charge on any atom is -0.337 e. The van der Waals surface area contributed by atoms with E-state index < -0.39 is 6.04 Å². The Kier molecular flexibility index (Phi) is 4.33. The molecule has 18 heavy (non-hydrogen) atoms. The van der Waals surface area contributed by atoms with Gasteiger partial charge >= 0.3 is 0 Å². The van der Waals surface area contributed by atoms with Crippen molar-refractivity contribution < 1.29 is 4.52 Å². The van der Waals surface area contributed by atoms with Crippen molar-refractivity contribution in [2.24, 2.45) is 5.73 Å². The van der Waals surface area contributed by atoms with E-state index in [2.05, 4.69) is 17.1 Å². The first-order valence-electron chi connectivity index (χ1n) is 6.05. The highest BCUT2D eigenvalue weighted by Crippen LogP contribution is 2.25. The molecule has 0 bridgehead atoms. The van der Waals surface area contributed by atoms with E-state index in [1.54, 1.807) is 6.07 Å². The molecule has 96 valence electrons. The van der Waals surface area contributed by atoms with Crippen LogP contribution in [0.3, 0.4) is 0 Å². The summed E-state index contributed by atoms with van der Waals surface area (Å²) in [6, 6.07) is 6.93. The SMILES string of the molecule is CCCCc1noc([C@H](N)c2ccccc2Cl)n1. The number of aromatic nitrogens is 2. The molecule has 1 atom stereocenters. The molecule has 5 heteroatoms. The normalized spacial score (nSPS) is 12.6. The molecular weight excluding hydrogens is 250 g/mol. The van der Waals surface area contributed by atoms with Crippen LogP contribution in [0, 0.1) is 0 Å². The van der Waals surface area contributed by atoms with Crippen LogP contribution < -0.4 is 5.73 Å². The van der Waals surface area contributed by atoms with Gasteiger partial charge in [0.05, 0.1) is 0 Å². The van der Waals surface area contributed by atoms with E-state index in [1.165, 1.54) is 0 Å². The Balaban J connectivity index is 2.16. The molecule has 0 amide bonds. The van der Waals surface area contributed by atoms with Crippen molar-refractivity contribution in [3.63, 3.8) is 0 Å². The van der Waals surface area contributed by atoms with Crippen LogP contribution in [-0.2, 0) is 6.42 Å². The zero-order valence-corrected chi connectivity index (χ0v) is 11.0. The number of benzene rings is 1. The number of rotatable bonds is 5. The molecule has 0 radical (unpaired) electrons. The van der Waals surface area contributed by atoms with Gasteiger partial charge in [0.1, 0.15) is 6.04 Å². The van der Waals surface area contributed by atoms with Gasteiger partial charge in [-0.15, -0.1) is 0 Å². The van der Waals surface area contributed by atoms with E-state index in [0.717, 1.165) is 24.8 Å². The topological polar surface area (TPSA) is 64.9 Å². The maximum Gasteiger partial charge on any atom is 0.248 e. The van der Waals surface area contributed by atoms with Crippen molar-refractivity contribution in [3.05, 3.63) is 46.6 Å². The average Bonchev–Trinajstić information content (AvgIpc) is 2.85. The van der Waals surface area contributed by atoms with Crippen LogP contribution in [0.4, 0.5) is 0 Å². The van der Waals surface area contributed by atoms with Gasteiger partial charge in [0.2, 0.25) is 5.89 Å². The van der Waals surface area contributed by atoms with Crippen molar-refractivity contribution in [3.8, 4) is 0 Å². The molecule has 1 aromatic heterocycles. The number of hydrogen-bond acceptors (Lipinski definition) is 4. The Bertz CT molecular complexity index is 512. The molecule has 4 nitrogen and oxygen atoms in total. The van der Waals surface area contributed by atoms with Crippen LogP contribution in [0.1, 0.15) is 43.1 Å². The van der Waals surface area contributed by atoms with Gasteiger partial charge in [-0.1, -0.05) is 48.3 Å². The lowest BCUT2D eigenvalue weighted by molar-refractivity contribution is 0.362. The summed E-state index contributed by atoms with van der Waals surface area (Å²) < 4.78 is 5.19. The van der Waals surface area contributed by atoms with Gasteiger partial charge < -0.3 is 10.3 Å². The highest BCUT2D eigenvalue weighted by molar-refractivity contribution is 6.31. The number of nitrogens with two attached hydrogens (primary N) is 1. The van der Waals surface area contributed by atoms with Crippen molar-refractivity contribution >= 4 is 11.6 Å². The van der Waals surface area contributed by atoms with Gasteiger partial charge in [0.25, 0.3) is 0 Å². The third-order valence-electron chi connectivity index (χ3n) is 2.74. The summed E-state index contributed by atoms with van der Waals surface area (Å²) in [6.45, 7) is 2.12. The van der Waals surface area contributed by atoms with Gasteiger partial charge in [-0.25, -0.2) is 0 Å². The quantitative estimate of drug-likeness (QED) is 0.902. The van der Waals surface area contributed by atoms with Crippen LogP contribution >= 0.6 is 11.6 Å². The first-order valence-corrected chi connectivity index (χ1v) is 6.42. The van der Waals surface area contributed by atoms with Crippen LogP contribution in [0.2, 0.25) is 5.02 Å². The molecule has 1 heterocycles. The number of hydrogen-bond donors (Lipinski definition) is 1. The first-order chi connectivity index (χ1) is 8.72. The fourth-order valence-corrected chi connectivity index (χ4v) is 1.94. The number of unbranched alkanes of at least 4 members (excludes halogenated alkanes) is 1. The lowest BCUT2D eigenvalue weighted by Gasteiger charge is -2.08. The Morgan fingerprint density at radius 2 is 2.17 bits per heavy atom. The second-order valence-electron chi connectivity index (χ2n) is 4.15. The largest absolute Gasteiger partial charge is 0.337 e. The Morgan fingerprint density at radius 3 is 2.89 bits per heavy atom. The second kappa shape index (κ2) is 5.98. The van der Waals surface area contributed by atoms with Crippen molar-refractivity contribution in [2.45, 2.75) is 32.2 Å². The number of nitrogens with zero attached hydrogens (tertiary/aromatic N) is 2. The predicted octanol–water partition coefficient (Wildman–Crippen LogP) is 3.11. The van der Waals surface area contributed by atoms with Crippen molar-refractivity contribution in [1.82, 2.24) is 10.1 Å². The summed E-state index contributed by atoms with van der Waals surface area (Å²) in [4.78, 5) is 4.30. The summed E-state index contributed by atoms with van der Waals surface area (Å²) in [5, 5.41) is 4.53. The molecule has 0 spiro atoms.